The summed E-state index contributed by atoms with van der Waals surface area (Å²) in [6.07, 6.45) is 1.56. The molecule has 0 radical (unpaired) electrons. The number of methoxy groups -OCH3 is 1. The monoisotopic (exact) mass is 241 g/mol. The van der Waals surface area contributed by atoms with Gasteiger partial charge >= 0.3 is 0 Å². The van der Waals surface area contributed by atoms with E-state index in [1.807, 2.05) is 55.5 Å². The number of para-hydroxylation sites is 1. The van der Waals surface area contributed by atoms with Gasteiger partial charge in [-0.1, -0.05) is 18.2 Å². The molecule has 0 bridgehead atoms. The fraction of sp³-hybridized carbons (Fsp3) is 0.133. The maximum absolute atomic E-state index is 12.0. The molecule has 0 aliphatic carbocycles. The second kappa shape index (κ2) is 5.36. The second-order valence-corrected chi connectivity index (χ2v) is 4.01. The van der Waals surface area contributed by atoms with Crippen LogP contribution in [-0.4, -0.2) is 18.1 Å². The molecule has 0 fully saturated rings. The molecule has 0 aromatic heterocycles. The highest BCUT2D eigenvalue weighted by Crippen LogP contribution is 2.17. The molecule has 0 heterocycles. The third-order valence-corrected chi connectivity index (χ3v) is 2.74. The summed E-state index contributed by atoms with van der Waals surface area (Å²) in [5, 5.41) is 12.0. The van der Waals surface area contributed by atoms with Crippen molar-refractivity contribution in [2.24, 2.45) is 0 Å². The molecular formula is C15H15NO2. The Kier molecular flexibility index (Phi) is 3.63. The molecule has 92 valence electrons. The van der Waals surface area contributed by atoms with Gasteiger partial charge in [0.25, 0.3) is 0 Å². The van der Waals surface area contributed by atoms with E-state index in [-0.39, 0.29) is 0 Å². The number of benzene rings is 2. The first-order valence-corrected chi connectivity index (χ1v) is 5.71. The average molecular weight is 241 g/mol. The van der Waals surface area contributed by atoms with Gasteiger partial charge in [0.15, 0.2) is 6.21 Å². The quantitative estimate of drug-likeness (QED) is 0.358. The van der Waals surface area contributed by atoms with Crippen LogP contribution in [0.4, 0.5) is 5.69 Å². The van der Waals surface area contributed by atoms with Gasteiger partial charge in [-0.05, 0) is 31.2 Å². The van der Waals surface area contributed by atoms with Gasteiger partial charge in [0.2, 0.25) is 5.69 Å². The first kappa shape index (κ1) is 12.2. The molecule has 0 atom stereocenters. The molecule has 0 unspecified atom stereocenters. The summed E-state index contributed by atoms with van der Waals surface area (Å²) in [5.41, 5.74) is 2.46. The second-order valence-electron chi connectivity index (χ2n) is 4.01. The Labute approximate surface area is 107 Å². The number of nitrogens with zero attached hydrogens (tertiary/aromatic N) is 1. The topological polar surface area (TPSA) is 35.3 Å². The fourth-order valence-corrected chi connectivity index (χ4v) is 1.71. The van der Waals surface area contributed by atoms with Crippen LogP contribution in [0.5, 0.6) is 5.75 Å². The van der Waals surface area contributed by atoms with E-state index in [4.69, 9.17) is 4.74 Å². The molecule has 3 heteroatoms. The fourth-order valence-electron chi connectivity index (χ4n) is 1.71. The lowest BCUT2D eigenvalue weighted by Crippen LogP contribution is -2.00. The molecular weight excluding hydrogens is 226 g/mol. The van der Waals surface area contributed by atoms with E-state index >= 15 is 0 Å². The molecule has 0 saturated heterocycles. The zero-order chi connectivity index (χ0) is 13.0. The molecule has 2 aromatic carbocycles. The van der Waals surface area contributed by atoms with Gasteiger partial charge in [-0.25, -0.2) is 0 Å². The summed E-state index contributed by atoms with van der Waals surface area (Å²) in [7, 11) is 1.62. The molecule has 18 heavy (non-hydrogen) atoms. The minimum atomic E-state index is 0.660. The Hall–Kier alpha value is -2.29. The lowest BCUT2D eigenvalue weighted by molar-refractivity contribution is -0.355. The normalized spacial score (nSPS) is 11.3. The number of aryl methyl sites for hydroxylation is 1. The Morgan fingerprint density at radius 3 is 2.33 bits per heavy atom. The third kappa shape index (κ3) is 2.69. The SMILES string of the molecule is COc1ccc(/C=[N+](\[O-])c2ccccc2C)cc1. The Bertz CT molecular complexity index is 559. The van der Waals surface area contributed by atoms with Crippen LogP contribution in [0.1, 0.15) is 11.1 Å². The highest BCUT2D eigenvalue weighted by molar-refractivity contribution is 5.77. The van der Waals surface area contributed by atoms with Gasteiger partial charge in [-0.15, -0.1) is 0 Å². The van der Waals surface area contributed by atoms with Crippen molar-refractivity contribution in [2.45, 2.75) is 6.92 Å². The summed E-state index contributed by atoms with van der Waals surface area (Å²) < 4.78 is 5.96. The van der Waals surface area contributed by atoms with Crippen LogP contribution < -0.4 is 4.74 Å². The smallest absolute Gasteiger partial charge is 0.219 e. The highest BCUT2D eigenvalue weighted by atomic mass is 16.5. The van der Waals surface area contributed by atoms with Gasteiger partial charge in [0, 0.05) is 17.2 Å². The molecule has 0 aliphatic rings. The lowest BCUT2D eigenvalue weighted by Gasteiger charge is -2.05. The van der Waals surface area contributed by atoms with Gasteiger partial charge in [0.1, 0.15) is 5.75 Å². The van der Waals surface area contributed by atoms with Crippen LogP contribution in [0.2, 0.25) is 0 Å². The van der Waals surface area contributed by atoms with Crippen molar-refractivity contribution in [3.8, 4) is 5.75 Å². The van der Waals surface area contributed by atoms with Crippen molar-refractivity contribution >= 4 is 11.9 Å². The Morgan fingerprint density at radius 2 is 1.72 bits per heavy atom. The zero-order valence-electron chi connectivity index (χ0n) is 10.5. The number of rotatable bonds is 3. The maximum Gasteiger partial charge on any atom is 0.219 e. The van der Waals surface area contributed by atoms with Crippen molar-refractivity contribution in [3.63, 3.8) is 0 Å². The third-order valence-electron chi connectivity index (χ3n) is 2.74. The Morgan fingerprint density at radius 1 is 1.06 bits per heavy atom. The zero-order valence-corrected chi connectivity index (χ0v) is 10.5. The van der Waals surface area contributed by atoms with Gasteiger partial charge < -0.3 is 9.94 Å². The van der Waals surface area contributed by atoms with Crippen molar-refractivity contribution in [2.75, 3.05) is 7.11 Å². The van der Waals surface area contributed by atoms with E-state index in [0.717, 1.165) is 21.6 Å². The van der Waals surface area contributed by atoms with Crippen molar-refractivity contribution < 1.29 is 9.48 Å². The molecule has 3 nitrogen and oxygen atoms in total. The highest BCUT2D eigenvalue weighted by Gasteiger charge is 2.05. The summed E-state index contributed by atoms with van der Waals surface area (Å²) >= 11 is 0. The van der Waals surface area contributed by atoms with Gasteiger partial charge in [0.05, 0.1) is 7.11 Å². The van der Waals surface area contributed by atoms with Gasteiger partial charge in [-0.3, -0.25) is 0 Å². The van der Waals surface area contributed by atoms with E-state index in [1.54, 1.807) is 13.3 Å². The van der Waals surface area contributed by atoms with Crippen molar-refractivity contribution in [1.82, 2.24) is 0 Å². The van der Waals surface area contributed by atoms with E-state index in [2.05, 4.69) is 0 Å². The average Bonchev–Trinajstić information content (AvgIpc) is 2.40. The Balaban J connectivity index is 2.29. The first-order valence-electron chi connectivity index (χ1n) is 5.71. The maximum atomic E-state index is 12.0. The predicted molar refractivity (Wildman–Crippen MR) is 72.6 cm³/mol. The number of ether oxygens (including phenoxy) is 1. The minimum absolute atomic E-state index is 0.660. The van der Waals surface area contributed by atoms with Crippen molar-refractivity contribution in [3.05, 3.63) is 64.9 Å². The van der Waals surface area contributed by atoms with E-state index in [1.165, 1.54) is 0 Å². The molecule has 2 rings (SSSR count). The molecule has 2 aromatic rings. The molecule has 0 N–H and O–H groups in total. The van der Waals surface area contributed by atoms with Crippen LogP contribution in [0.15, 0.2) is 48.5 Å². The van der Waals surface area contributed by atoms with Crippen LogP contribution >= 0.6 is 0 Å². The van der Waals surface area contributed by atoms with Crippen molar-refractivity contribution in [1.29, 1.82) is 0 Å². The minimum Gasteiger partial charge on any atom is -0.618 e. The molecule has 0 spiro atoms. The molecule has 0 aliphatic heterocycles. The van der Waals surface area contributed by atoms with E-state index in [0.29, 0.717) is 5.69 Å². The van der Waals surface area contributed by atoms with E-state index in [9.17, 15) is 5.21 Å². The van der Waals surface area contributed by atoms with Crippen LogP contribution in [-0.2, 0) is 0 Å². The lowest BCUT2D eigenvalue weighted by atomic mass is 10.2. The number of hydrogen-bond donors (Lipinski definition) is 0. The van der Waals surface area contributed by atoms with Gasteiger partial charge in [-0.2, -0.15) is 4.74 Å². The largest absolute Gasteiger partial charge is 0.618 e. The van der Waals surface area contributed by atoms with Crippen LogP contribution in [0.25, 0.3) is 0 Å². The van der Waals surface area contributed by atoms with Crippen LogP contribution in [0.3, 0.4) is 0 Å². The predicted octanol–water partition coefficient (Wildman–Crippen LogP) is 3.26. The van der Waals surface area contributed by atoms with Crippen LogP contribution in [0, 0.1) is 12.1 Å². The standard InChI is InChI=1S/C15H15NO2/c1-12-5-3-4-6-15(12)16(17)11-13-7-9-14(18-2)10-8-13/h3-11H,1-2H3/b16-11-. The summed E-state index contributed by atoms with van der Waals surface area (Å²) in [6, 6.07) is 14.9. The van der Waals surface area contributed by atoms with E-state index < -0.39 is 0 Å². The summed E-state index contributed by atoms with van der Waals surface area (Å²) in [5.74, 6) is 0.778. The summed E-state index contributed by atoms with van der Waals surface area (Å²) in [6.45, 7) is 1.92. The number of hydrogen-bond acceptors (Lipinski definition) is 2. The molecule has 0 amide bonds. The molecule has 0 saturated carbocycles. The first-order chi connectivity index (χ1) is 8.70. The summed E-state index contributed by atoms with van der Waals surface area (Å²) in [4.78, 5) is 0.